The molecule has 0 bridgehead atoms. The highest BCUT2D eigenvalue weighted by atomic mass is 79.9. The fraction of sp³-hybridized carbons (Fsp3) is 0.400. The van der Waals surface area contributed by atoms with Crippen LogP contribution in [0.15, 0.2) is 28.7 Å². The van der Waals surface area contributed by atoms with Crippen molar-refractivity contribution < 1.29 is 19.5 Å². The van der Waals surface area contributed by atoms with Gasteiger partial charge in [0.2, 0.25) is 5.91 Å². The summed E-state index contributed by atoms with van der Waals surface area (Å²) in [6, 6.07) is 6.04. The Morgan fingerprint density at radius 2 is 2.09 bits per heavy atom. The van der Waals surface area contributed by atoms with E-state index in [0.29, 0.717) is 18.5 Å². The average molecular weight is 369 g/mol. The first-order valence-corrected chi connectivity index (χ1v) is 7.84. The number of nitrogens with zero attached hydrogens (tertiary/aromatic N) is 1. The van der Waals surface area contributed by atoms with Crippen LogP contribution >= 0.6 is 15.9 Å². The van der Waals surface area contributed by atoms with Gasteiger partial charge >= 0.3 is 5.97 Å². The van der Waals surface area contributed by atoms with Crippen molar-refractivity contribution in [1.29, 1.82) is 0 Å². The largest absolute Gasteiger partial charge is 0.480 e. The van der Waals surface area contributed by atoms with Crippen molar-refractivity contribution >= 4 is 33.7 Å². The van der Waals surface area contributed by atoms with Crippen LogP contribution in [0, 0.1) is 0 Å². The van der Waals surface area contributed by atoms with Crippen molar-refractivity contribution in [3.05, 3.63) is 34.3 Å². The number of rotatable bonds is 4. The average Bonchev–Trinajstić information content (AvgIpc) is 2.52. The van der Waals surface area contributed by atoms with Gasteiger partial charge in [-0.3, -0.25) is 9.59 Å². The lowest BCUT2D eigenvalue weighted by Crippen LogP contribution is -2.51. The number of carboxylic acid groups (broad SMARTS) is 1. The van der Waals surface area contributed by atoms with Crippen molar-refractivity contribution in [2.75, 3.05) is 13.1 Å². The number of carbonyl (C=O) groups excluding carboxylic acids is 2. The van der Waals surface area contributed by atoms with Crippen LogP contribution in [0.1, 0.15) is 29.6 Å². The molecule has 118 valence electrons. The second-order valence-electron chi connectivity index (χ2n) is 5.13. The van der Waals surface area contributed by atoms with E-state index in [1.54, 1.807) is 24.3 Å². The molecular weight excluding hydrogens is 352 g/mol. The van der Waals surface area contributed by atoms with Gasteiger partial charge in [0.1, 0.15) is 6.04 Å². The fourth-order valence-corrected chi connectivity index (χ4v) is 2.88. The number of nitrogens with one attached hydrogen (secondary N) is 1. The quantitative estimate of drug-likeness (QED) is 0.845. The lowest BCUT2D eigenvalue weighted by atomic mass is 10.0. The van der Waals surface area contributed by atoms with Crippen LogP contribution < -0.4 is 5.32 Å². The predicted molar refractivity (Wildman–Crippen MR) is 83.5 cm³/mol. The van der Waals surface area contributed by atoms with Crippen LogP contribution in [0.3, 0.4) is 0 Å². The number of hydrogen-bond donors (Lipinski definition) is 2. The minimum absolute atomic E-state index is 0.199. The second-order valence-corrected chi connectivity index (χ2v) is 6.05. The first-order valence-electron chi connectivity index (χ1n) is 7.05. The van der Waals surface area contributed by atoms with Crippen LogP contribution in [-0.4, -0.2) is 46.9 Å². The van der Waals surface area contributed by atoms with E-state index in [4.69, 9.17) is 5.11 Å². The number of likely N-dealkylation sites (tertiary alicyclic amines) is 1. The maximum Gasteiger partial charge on any atom is 0.326 e. The Morgan fingerprint density at radius 3 is 2.77 bits per heavy atom. The summed E-state index contributed by atoms with van der Waals surface area (Å²) in [7, 11) is 0. The predicted octanol–water partition coefficient (Wildman–Crippen LogP) is 1.64. The minimum Gasteiger partial charge on any atom is -0.480 e. The van der Waals surface area contributed by atoms with E-state index < -0.39 is 12.0 Å². The van der Waals surface area contributed by atoms with Gasteiger partial charge in [-0.2, -0.15) is 0 Å². The molecule has 1 heterocycles. The van der Waals surface area contributed by atoms with Gasteiger partial charge in [0.05, 0.1) is 6.54 Å². The van der Waals surface area contributed by atoms with Gasteiger partial charge in [-0.25, -0.2) is 4.79 Å². The zero-order valence-electron chi connectivity index (χ0n) is 11.9. The van der Waals surface area contributed by atoms with E-state index in [1.165, 1.54) is 4.90 Å². The molecule has 2 amide bonds. The normalized spacial score (nSPS) is 17.9. The molecule has 1 aromatic rings. The molecule has 6 nitrogen and oxygen atoms in total. The van der Waals surface area contributed by atoms with Gasteiger partial charge in [-0.1, -0.05) is 22.0 Å². The molecule has 1 atom stereocenters. The molecule has 1 aromatic carbocycles. The molecule has 0 unspecified atom stereocenters. The first kappa shape index (κ1) is 16.5. The summed E-state index contributed by atoms with van der Waals surface area (Å²) >= 11 is 3.28. The van der Waals surface area contributed by atoms with Crippen molar-refractivity contribution in [3.63, 3.8) is 0 Å². The summed E-state index contributed by atoms with van der Waals surface area (Å²) in [6.45, 7) is 0.220. The van der Waals surface area contributed by atoms with Gasteiger partial charge in [-0.05, 0) is 37.5 Å². The molecule has 2 N–H and O–H groups in total. The number of aliphatic carboxylic acids is 1. The SMILES string of the molecule is O=C(NCC(=O)N1CCCC[C@@H]1C(=O)O)c1cccc(Br)c1. The molecule has 1 saturated heterocycles. The Balaban J connectivity index is 1.94. The van der Waals surface area contributed by atoms with Crippen molar-refractivity contribution in [2.24, 2.45) is 0 Å². The summed E-state index contributed by atoms with van der Waals surface area (Å²) < 4.78 is 0.772. The number of piperidine rings is 1. The molecule has 0 radical (unpaired) electrons. The van der Waals surface area contributed by atoms with Crippen LogP contribution in [0.2, 0.25) is 0 Å². The molecule has 2 rings (SSSR count). The molecule has 7 heteroatoms. The Labute approximate surface area is 136 Å². The van der Waals surface area contributed by atoms with Gasteiger partial charge in [0, 0.05) is 16.6 Å². The molecule has 0 aliphatic carbocycles. The van der Waals surface area contributed by atoms with Crippen molar-refractivity contribution in [1.82, 2.24) is 10.2 Å². The Morgan fingerprint density at radius 1 is 1.32 bits per heavy atom. The zero-order chi connectivity index (χ0) is 16.1. The number of benzene rings is 1. The fourth-order valence-electron chi connectivity index (χ4n) is 2.48. The maximum absolute atomic E-state index is 12.2. The highest BCUT2D eigenvalue weighted by Gasteiger charge is 2.31. The molecule has 22 heavy (non-hydrogen) atoms. The third-order valence-corrected chi connectivity index (χ3v) is 4.09. The van der Waals surface area contributed by atoms with E-state index in [0.717, 1.165) is 17.3 Å². The van der Waals surface area contributed by atoms with Gasteiger partial charge in [0.15, 0.2) is 0 Å². The lowest BCUT2D eigenvalue weighted by Gasteiger charge is -2.33. The summed E-state index contributed by atoms with van der Waals surface area (Å²) in [5.41, 5.74) is 0.440. The van der Waals surface area contributed by atoms with Gasteiger partial charge < -0.3 is 15.3 Å². The molecule has 1 fully saturated rings. The summed E-state index contributed by atoms with van der Waals surface area (Å²) in [6.07, 6.45) is 2.04. The van der Waals surface area contributed by atoms with E-state index in [9.17, 15) is 14.4 Å². The number of hydrogen-bond acceptors (Lipinski definition) is 3. The van der Waals surface area contributed by atoms with Gasteiger partial charge in [0.25, 0.3) is 5.91 Å². The van der Waals surface area contributed by atoms with E-state index in [-0.39, 0.29) is 18.4 Å². The number of halogens is 1. The van der Waals surface area contributed by atoms with Crippen LogP contribution in [0.4, 0.5) is 0 Å². The number of carboxylic acids is 1. The summed E-state index contributed by atoms with van der Waals surface area (Å²) in [4.78, 5) is 36.7. The molecule has 1 aliphatic heterocycles. The van der Waals surface area contributed by atoms with Crippen molar-refractivity contribution in [3.8, 4) is 0 Å². The topological polar surface area (TPSA) is 86.7 Å². The van der Waals surface area contributed by atoms with Crippen LogP contribution in [0.5, 0.6) is 0 Å². The minimum atomic E-state index is -0.994. The van der Waals surface area contributed by atoms with Crippen molar-refractivity contribution in [2.45, 2.75) is 25.3 Å². The Hall–Kier alpha value is -1.89. The third-order valence-electron chi connectivity index (χ3n) is 3.60. The van der Waals surface area contributed by atoms with E-state index >= 15 is 0 Å². The Bertz CT molecular complexity index is 591. The molecule has 0 spiro atoms. The van der Waals surface area contributed by atoms with Crippen LogP contribution in [0.25, 0.3) is 0 Å². The molecular formula is C15H17BrN2O4. The smallest absolute Gasteiger partial charge is 0.326 e. The first-order chi connectivity index (χ1) is 10.5. The highest BCUT2D eigenvalue weighted by Crippen LogP contribution is 2.17. The molecule has 0 aromatic heterocycles. The van der Waals surface area contributed by atoms with Gasteiger partial charge in [-0.15, -0.1) is 0 Å². The molecule has 0 saturated carbocycles. The van der Waals surface area contributed by atoms with E-state index in [1.807, 2.05) is 0 Å². The Kier molecular flexibility index (Phi) is 5.54. The third kappa shape index (κ3) is 4.07. The second kappa shape index (κ2) is 7.40. The molecule has 1 aliphatic rings. The zero-order valence-corrected chi connectivity index (χ0v) is 13.5. The van der Waals surface area contributed by atoms with E-state index in [2.05, 4.69) is 21.2 Å². The standard InChI is InChI=1S/C15H17BrN2O4/c16-11-5-3-4-10(8-11)14(20)17-9-13(19)18-7-2-1-6-12(18)15(21)22/h3-5,8,12H,1-2,6-7,9H2,(H,17,20)(H,21,22)/t12-/m1/s1. The highest BCUT2D eigenvalue weighted by molar-refractivity contribution is 9.10. The maximum atomic E-state index is 12.2. The number of carbonyl (C=O) groups is 3. The summed E-state index contributed by atoms with van der Waals surface area (Å²) in [5.74, 6) is -1.72. The van der Waals surface area contributed by atoms with Crippen LogP contribution in [-0.2, 0) is 9.59 Å². The lowest BCUT2D eigenvalue weighted by molar-refractivity contribution is -0.151. The summed E-state index contributed by atoms with van der Waals surface area (Å²) in [5, 5.41) is 11.7. The monoisotopic (exact) mass is 368 g/mol. The number of amides is 2.